The second-order valence-corrected chi connectivity index (χ2v) is 4.34. The first-order valence-electron chi connectivity index (χ1n) is 6.13. The van der Waals surface area contributed by atoms with Gasteiger partial charge in [-0.3, -0.25) is 9.59 Å². The van der Waals surface area contributed by atoms with Gasteiger partial charge in [0.2, 0.25) is 5.91 Å². The van der Waals surface area contributed by atoms with E-state index in [1.165, 1.54) is 11.6 Å². The van der Waals surface area contributed by atoms with Crippen LogP contribution < -0.4 is 11.1 Å². The molecule has 7 heteroatoms. The number of nitriles is 1. The zero-order valence-electron chi connectivity index (χ0n) is 11.3. The minimum absolute atomic E-state index is 0.0311. The van der Waals surface area contributed by atoms with E-state index in [0.29, 0.717) is 23.2 Å². The average molecular weight is 283 g/mol. The van der Waals surface area contributed by atoms with Gasteiger partial charge in [-0.2, -0.15) is 10.4 Å². The molecule has 106 valence electrons. The summed E-state index contributed by atoms with van der Waals surface area (Å²) in [5, 5.41) is 15.5. The largest absolute Gasteiger partial charge is 0.383 e. The van der Waals surface area contributed by atoms with Crippen LogP contribution in [0.1, 0.15) is 17.3 Å². The van der Waals surface area contributed by atoms with Gasteiger partial charge in [0.15, 0.2) is 6.29 Å². The van der Waals surface area contributed by atoms with Crippen LogP contribution in [0.5, 0.6) is 0 Å². The van der Waals surface area contributed by atoms with E-state index in [0.717, 1.165) is 0 Å². The summed E-state index contributed by atoms with van der Waals surface area (Å²) in [4.78, 5) is 22.1. The van der Waals surface area contributed by atoms with E-state index in [9.17, 15) is 9.59 Å². The van der Waals surface area contributed by atoms with Gasteiger partial charge in [0.1, 0.15) is 18.1 Å². The molecule has 2 aromatic rings. The van der Waals surface area contributed by atoms with E-state index in [4.69, 9.17) is 11.0 Å². The van der Waals surface area contributed by atoms with Crippen molar-refractivity contribution in [3.05, 3.63) is 29.8 Å². The van der Waals surface area contributed by atoms with Gasteiger partial charge in [0.05, 0.1) is 11.6 Å². The SMILES string of the molecule is CC(=O)Nc1ccc(-c2nn(CC#N)c(N)c2C=O)cc1. The van der Waals surface area contributed by atoms with Gasteiger partial charge < -0.3 is 11.1 Å². The maximum atomic E-state index is 11.2. The molecule has 1 amide bonds. The summed E-state index contributed by atoms with van der Waals surface area (Å²) in [6.07, 6.45) is 0.618. The molecule has 2 rings (SSSR count). The molecule has 0 fully saturated rings. The zero-order chi connectivity index (χ0) is 15.4. The van der Waals surface area contributed by atoms with Crippen molar-refractivity contribution in [3.8, 4) is 17.3 Å². The molecule has 0 spiro atoms. The van der Waals surface area contributed by atoms with Gasteiger partial charge in [-0.25, -0.2) is 4.68 Å². The Morgan fingerprint density at radius 3 is 2.67 bits per heavy atom. The fourth-order valence-corrected chi connectivity index (χ4v) is 1.92. The first-order valence-corrected chi connectivity index (χ1v) is 6.13. The van der Waals surface area contributed by atoms with Crippen LogP contribution in [-0.2, 0) is 11.3 Å². The second kappa shape index (κ2) is 5.88. The Morgan fingerprint density at radius 1 is 1.48 bits per heavy atom. The zero-order valence-corrected chi connectivity index (χ0v) is 11.3. The molecule has 0 aliphatic rings. The summed E-state index contributed by atoms with van der Waals surface area (Å²) >= 11 is 0. The lowest BCUT2D eigenvalue weighted by atomic mass is 10.1. The monoisotopic (exact) mass is 283 g/mol. The van der Waals surface area contributed by atoms with Crippen LogP contribution in [0.15, 0.2) is 24.3 Å². The van der Waals surface area contributed by atoms with Crippen molar-refractivity contribution < 1.29 is 9.59 Å². The highest BCUT2D eigenvalue weighted by molar-refractivity contribution is 5.92. The van der Waals surface area contributed by atoms with Gasteiger partial charge in [0, 0.05) is 18.2 Å². The first-order chi connectivity index (χ1) is 10.1. The number of aldehydes is 1. The highest BCUT2D eigenvalue weighted by Crippen LogP contribution is 2.26. The molecule has 0 saturated carbocycles. The Labute approximate surface area is 121 Å². The summed E-state index contributed by atoms with van der Waals surface area (Å²) in [7, 11) is 0. The van der Waals surface area contributed by atoms with Crippen LogP contribution in [0.3, 0.4) is 0 Å². The average Bonchev–Trinajstić information content (AvgIpc) is 2.76. The second-order valence-electron chi connectivity index (χ2n) is 4.34. The van der Waals surface area contributed by atoms with E-state index in [-0.39, 0.29) is 23.8 Å². The van der Waals surface area contributed by atoms with Crippen molar-refractivity contribution in [3.63, 3.8) is 0 Å². The van der Waals surface area contributed by atoms with Gasteiger partial charge >= 0.3 is 0 Å². The summed E-state index contributed by atoms with van der Waals surface area (Å²) < 4.78 is 1.28. The molecular formula is C14H13N5O2. The van der Waals surface area contributed by atoms with Crippen LogP contribution in [0.25, 0.3) is 11.3 Å². The van der Waals surface area contributed by atoms with Crippen molar-refractivity contribution in [2.45, 2.75) is 13.5 Å². The number of nitrogens with one attached hydrogen (secondary N) is 1. The molecule has 1 aromatic carbocycles. The van der Waals surface area contributed by atoms with E-state index in [1.54, 1.807) is 24.3 Å². The van der Waals surface area contributed by atoms with Crippen molar-refractivity contribution in [1.82, 2.24) is 9.78 Å². The Kier molecular flexibility index (Phi) is 4.00. The highest BCUT2D eigenvalue weighted by Gasteiger charge is 2.16. The minimum Gasteiger partial charge on any atom is -0.383 e. The predicted octanol–water partition coefficient (Wildman–Crippen LogP) is 1.43. The minimum atomic E-state index is -0.168. The number of benzene rings is 1. The van der Waals surface area contributed by atoms with Crippen LogP contribution in [0.2, 0.25) is 0 Å². The number of nitrogens with zero attached hydrogens (tertiary/aromatic N) is 3. The molecule has 1 aromatic heterocycles. The Bertz CT molecular complexity index is 725. The third-order valence-electron chi connectivity index (χ3n) is 2.85. The number of rotatable bonds is 4. The van der Waals surface area contributed by atoms with Gasteiger partial charge in [-0.1, -0.05) is 12.1 Å². The van der Waals surface area contributed by atoms with Gasteiger partial charge in [0.25, 0.3) is 0 Å². The van der Waals surface area contributed by atoms with Gasteiger partial charge in [-0.15, -0.1) is 0 Å². The molecule has 7 nitrogen and oxygen atoms in total. The lowest BCUT2D eigenvalue weighted by Gasteiger charge is -2.03. The quantitative estimate of drug-likeness (QED) is 0.824. The summed E-state index contributed by atoms with van der Waals surface area (Å²) in [6, 6.07) is 8.77. The highest BCUT2D eigenvalue weighted by atomic mass is 16.1. The van der Waals surface area contributed by atoms with E-state index in [1.807, 2.05) is 6.07 Å². The Balaban J connectivity index is 2.42. The summed E-state index contributed by atoms with van der Waals surface area (Å²) in [5.74, 6) is -0.00800. The smallest absolute Gasteiger partial charge is 0.221 e. The molecule has 0 radical (unpaired) electrons. The van der Waals surface area contributed by atoms with Crippen LogP contribution >= 0.6 is 0 Å². The number of hydrogen-bond donors (Lipinski definition) is 2. The molecule has 3 N–H and O–H groups in total. The van der Waals surface area contributed by atoms with Crippen LogP contribution in [0, 0.1) is 11.3 Å². The molecule has 0 atom stereocenters. The molecule has 1 heterocycles. The number of hydrogen-bond acceptors (Lipinski definition) is 5. The number of aromatic nitrogens is 2. The summed E-state index contributed by atoms with van der Waals surface area (Å²) in [6.45, 7) is 1.39. The van der Waals surface area contributed by atoms with Crippen molar-refractivity contribution in [2.75, 3.05) is 11.1 Å². The number of anilines is 2. The van der Waals surface area contributed by atoms with Crippen LogP contribution in [0.4, 0.5) is 11.5 Å². The molecule has 0 unspecified atom stereocenters. The maximum absolute atomic E-state index is 11.2. The topological polar surface area (TPSA) is 114 Å². The van der Waals surface area contributed by atoms with Gasteiger partial charge in [-0.05, 0) is 12.1 Å². The Morgan fingerprint density at radius 2 is 2.14 bits per heavy atom. The number of nitrogens with two attached hydrogens (primary N) is 1. The standard InChI is InChI=1S/C14H13N5O2/c1-9(21)17-11-4-2-10(3-5-11)13-12(8-20)14(16)19(18-13)7-6-15/h2-5,8H,7,16H2,1H3,(H,17,21). The van der Waals surface area contributed by atoms with Crippen molar-refractivity contribution in [1.29, 1.82) is 5.26 Å². The van der Waals surface area contributed by atoms with Crippen LogP contribution in [-0.4, -0.2) is 22.0 Å². The number of carbonyl (C=O) groups is 2. The molecular weight excluding hydrogens is 270 g/mol. The van der Waals surface area contributed by atoms with Crippen molar-refractivity contribution in [2.24, 2.45) is 0 Å². The van der Waals surface area contributed by atoms with E-state index in [2.05, 4.69) is 10.4 Å². The molecule has 0 aliphatic heterocycles. The van der Waals surface area contributed by atoms with E-state index < -0.39 is 0 Å². The van der Waals surface area contributed by atoms with E-state index >= 15 is 0 Å². The normalized spacial score (nSPS) is 9.90. The fourth-order valence-electron chi connectivity index (χ4n) is 1.92. The lowest BCUT2D eigenvalue weighted by molar-refractivity contribution is -0.114. The molecule has 0 saturated heterocycles. The third-order valence-corrected chi connectivity index (χ3v) is 2.85. The lowest BCUT2D eigenvalue weighted by Crippen LogP contribution is -2.05. The maximum Gasteiger partial charge on any atom is 0.221 e. The molecule has 0 bridgehead atoms. The Hall–Kier alpha value is -3.14. The predicted molar refractivity (Wildman–Crippen MR) is 77.4 cm³/mol. The molecule has 21 heavy (non-hydrogen) atoms. The number of nitrogen functional groups attached to an aromatic ring is 1. The van der Waals surface area contributed by atoms with Crippen molar-refractivity contribution >= 4 is 23.7 Å². The number of amides is 1. The molecule has 0 aliphatic carbocycles. The third kappa shape index (κ3) is 2.90. The summed E-state index contributed by atoms with van der Waals surface area (Å²) in [5.41, 5.74) is 7.77. The first kappa shape index (κ1) is 14.3. The number of carbonyl (C=O) groups excluding carboxylic acids is 2. The fraction of sp³-hybridized carbons (Fsp3) is 0.143.